The van der Waals surface area contributed by atoms with Crippen LogP contribution < -0.4 is 20.2 Å². The average Bonchev–Trinajstić information content (AvgIpc) is 3.52. The van der Waals surface area contributed by atoms with Gasteiger partial charge in [0.1, 0.15) is 6.61 Å². The van der Waals surface area contributed by atoms with Crippen LogP contribution >= 0.6 is 34.2 Å². The predicted molar refractivity (Wildman–Crippen MR) is 118 cm³/mol. The van der Waals surface area contributed by atoms with E-state index in [4.69, 9.17) is 21.1 Å². The van der Waals surface area contributed by atoms with Crippen molar-refractivity contribution in [3.05, 3.63) is 56.1 Å². The summed E-state index contributed by atoms with van der Waals surface area (Å²) in [6.07, 6.45) is 3.26. The number of carbonyl (C=O) groups excluding carboxylic acids is 2. The second-order valence-electron chi connectivity index (χ2n) is 6.40. The van der Waals surface area contributed by atoms with Crippen LogP contribution in [0.4, 0.5) is 0 Å². The first-order valence-corrected chi connectivity index (χ1v) is 10.3. The SMILES string of the molecule is COc1cc(/C=N\NC(=O)C(=O)NC2CC2)cc(I)c1OCc1ccc(Cl)cc1. The van der Waals surface area contributed by atoms with E-state index in [9.17, 15) is 9.59 Å². The van der Waals surface area contributed by atoms with E-state index in [0.29, 0.717) is 28.7 Å². The molecule has 1 fully saturated rings. The van der Waals surface area contributed by atoms with Crippen molar-refractivity contribution in [2.45, 2.75) is 25.5 Å². The van der Waals surface area contributed by atoms with Gasteiger partial charge in [0.15, 0.2) is 11.5 Å². The van der Waals surface area contributed by atoms with Crippen LogP contribution in [-0.4, -0.2) is 31.2 Å². The fraction of sp³-hybridized carbons (Fsp3) is 0.250. The number of amides is 2. The molecule has 0 saturated heterocycles. The number of carbonyl (C=O) groups is 2. The number of nitrogens with zero attached hydrogens (tertiary/aromatic N) is 1. The van der Waals surface area contributed by atoms with E-state index in [-0.39, 0.29) is 6.04 Å². The lowest BCUT2D eigenvalue weighted by Gasteiger charge is -2.13. The molecule has 2 aromatic carbocycles. The molecule has 2 amide bonds. The van der Waals surface area contributed by atoms with Gasteiger partial charge in [-0.05, 0) is 70.8 Å². The first-order chi connectivity index (χ1) is 14.0. The minimum atomic E-state index is -0.794. The van der Waals surface area contributed by atoms with Gasteiger partial charge in [-0.1, -0.05) is 23.7 Å². The van der Waals surface area contributed by atoms with Crippen molar-refractivity contribution in [2.75, 3.05) is 7.11 Å². The van der Waals surface area contributed by atoms with Gasteiger partial charge in [0.25, 0.3) is 0 Å². The van der Waals surface area contributed by atoms with Gasteiger partial charge in [0, 0.05) is 11.1 Å². The summed E-state index contributed by atoms with van der Waals surface area (Å²) in [5, 5.41) is 7.11. The van der Waals surface area contributed by atoms with Crippen LogP contribution in [0.5, 0.6) is 11.5 Å². The largest absolute Gasteiger partial charge is 0.493 e. The molecule has 0 spiro atoms. The topological polar surface area (TPSA) is 89.0 Å². The van der Waals surface area contributed by atoms with E-state index in [1.807, 2.05) is 18.2 Å². The van der Waals surface area contributed by atoms with Gasteiger partial charge >= 0.3 is 11.8 Å². The summed E-state index contributed by atoms with van der Waals surface area (Å²) in [6.45, 7) is 0.364. The highest BCUT2D eigenvalue weighted by molar-refractivity contribution is 14.1. The monoisotopic (exact) mass is 527 g/mol. The minimum absolute atomic E-state index is 0.114. The standard InChI is InChI=1S/C20H19ClIN3O4/c1-28-17-9-13(10-23-25-20(27)19(26)24-15-6-7-15)8-16(22)18(17)29-11-12-2-4-14(21)5-3-12/h2-5,8-10,15H,6-7,11H2,1H3,(H,24,26)(H,25,27)/b23-10-. The zero-order valence-electron chi connectivity index (χ0n) is 15.6. The zero-order chi connectivity index (χ0) is 20.8. The summed E-state index contributed by atoms with van der Waals surface area (Å²) in [6, 6.07) is 11.1. The Balaban J connectivity index is 1.63. The average molecular weight is 528 g/mol. The van der Waals surface area contributed by atoms with Crippen molar-refractivity contribution in [1.82, 2.24) is 10.7 Å². The summed E-state index contributed by atoms with van der Waals surface area (Å²) in [4.78, 5) is 23.3. The van der Waals surface area contributed by atoms with Crippen molar-refractivity contribution < 1.29 is 19.1 Å². The lowest BCUT2D eigenvalue weighted by molar-refractivity contribution is -0.139. The van der Waals surface area contributed by atoms with Crippen LogP contribution in [0.25, 0.3) is 0 Å². The smallest absolute Gasteiger partial charge is 0.329 e. The summed E-state index contributed by atoms with van der Waals surface area (Å²) >= 11 is 8.04. The molecule has 0 radical (unpaired) electrons. The number of nitrogens with one attached hydrogen (secondary N) is 2. The first kappa shape index (κ1) is 21.4. The van der Waals surface area contributed by atoms with Crippen LogP contribution in [0, 0.1) is 3.57 Å². The molecule has 1 saturated carbocycles. The molecule has 0 unspecified atom stereocenters. The summed E-state index contributed by atoms with van der Waals surface area (Å²) < 4.78 is 12.2. The van der Waals surface area contributed by atoms with Gasteiger partial charge in [0.05, 0.1) is 16.9 Å². The van der Waals surface area contributed by atoms with Gasteiger partial charge in [-0.25, -0.2) is 5.43 Å². The first-order valence-electron chi connectivity index (χ1n) is 8.85. The Kier molecular flexibility index (Phi) is 7.32. The highest BCUT2D eigenvalue weighted by atomic mass is 127. The zero-order valence-corrected chi connectivity index (χ0v) is 18.5. The van der Waals surface area contributed by atoms with Crippen LogP contribution in [-0.2, 0) is 16.2 Å². The number of halogens is 2. The lowest BCUT2D eigenvalue weighted by Crippen LogP contribution is -2.38. The van der Waals surface area contributed by atoms with E-state index in [0.717, 1.165) is 22.0 Å². The molecule has 7 nitrogen and oxygen atoms in total. The molecule has 0 aromatic heterocycles. The molecule has 2 aromatic rings. The van der Waals surface area contributed by atoms with Crippen molar-refractivity contribution >= 4 is 52.2 Å². The van der Waals surface area contributed by atoms with E-state index in [1.54, 1.807) is 25.3 Å². The molecule has 0 atom stereocenters. The Hall–Kier alpha value is -2.33. The van der Waals surface area contributed by atoms with Crippen LogP contribution in [0.15, 0.2) is 41.5 Å². The molecular weight excluding hydrogens is 509 g/mol. The molecule has 0 aliphatic heterocycles. The van der Waals surface area contributed by atoms with E-state index in [1.165, 1.54) is 6.21 Å². The Morgan fingerprint density at radius 3 is 2.62 bits per heavy atom. The predicted octanol–water partition coefficient (Wildman–Crippen LogP) is 3.26. The lowest BCUT2D eigenvalue weighted by atomic mass is 10.2. The van der Waals surface area contributed by atoms with Gasteiger partial charge in [0.2, 0.25) is 0 Å². The Bertz CT molecular complexity index is 930. The van der Waals surface area contributed by atoms with Crippen LogP contribution in [0.1, 0.15) is 24.0 Å². The summed E-state index contributed by atoms with van der Waals surface area (Å²) in [7, 11) is 1.55. The summed E-state index contributed by atoms with van der Waals surface area (Å²) in [5.41, 5.74) is 3.88. The molecule has 0 heterocycles. The summed E-state index contributed by atoms with van der Waals surface area (Å²) in [5.74, 6) is -0.335. The van der Waals surface area contributed by atoms with Gasteiger partial charge in [-0.2, -0.15) is 5.10 Å². The van der Waals surface area contributed by atoms with Crippen molar-refractivity contribution in [2.24, 2.45) is 5.10 Å². The van der Waals surface area contributed by atoms with Gasteiger partial charge < -0.3 is 14.8 Å². The van der Waals surface area contributed by atoms with Crippen molar-refractivity contribution in [1.29, 1.82) is 0 Å². The number of methoxy groups -OCH3 is 1. The molecule has 1 aliphatic rings. The molecular formula is C20H19ClIN3O4. The number of hydrogen-bond acceptors (Lipinski definition) is 5. The third-order valence-electron chi connectivity index (χ3n) is 4.05. The third-order valence-corrected chi connectivity index (χ3v) is 5.10. The minimum Gasteiger partial charge on any atom is -0.493 e. The highest BCUT2D eigenvalue weighted by Crippen LogP contribution is 2.34. The maximum atomic E-state index is 11.7. The number of hydrogen-bond donors (Lipinski definition) is 2. The molecule has 2 N–H and O–H groups in total. The van der Waals surface area contributed by atoms with Crippen molar-refractivity contribution in [3.8, 4) is 11.5 Å². The second kappa shape index (κ2) is 9.93. The quantitative estimate of drug-likeness (QED) is 0.250. The molecule has 1 aliphatic carbocycles. The molecule has 29 heavy (non-hydrogen) atoms. The van der Waals surface area contributed by atoms with Crippen molar-refractivity contribution in [3.63, 3.8) is 0 Å². The second-order valence-corrected chi connectivity index (χ2v) is 7.99. The number of rotatable bonds is 7. The van der Waals surface area contributed by atoms with Crippen LogP contribution in [0.2, 0.25) is 5.02 Å². The number of hydrazone groups is 1. The van der Waals surface area contributed by atoms with Gasteiger partial charge in [-0.3, -0.25) is 9.59 Å². The molecule has 9 heteroatoms. The van der Waals surface area contributed by atoms with Gasteiger partial charge in [-0.15, -0.1) is 0 Å². The number of ether oxygens (including phenoxy) is 2. The maximum absolute atomic E-state index is 11.7. The highest BCUT2D eigenvalue weighted by Gasteiger charge is 2.26. The Labute approximate surface area is 186 Å². The Morgan fingerprint density at radius 1 is 1.24 bits per heavy atom. The van der Waals surface area contributed by atoms with E-state index < -0.39 is 11.8 Å². The van der Waals surface area contributed by atoms with E-state index >= 15 is 0 Å². The van der Waals surface area contributed by atoms with E-state index in [2.05, 4.69) is 38.4 Å². The Morgan fingerprint density at radius 2 is 1.97 bits per heavy atom. The van der Waals surface area contributed by atoms with Crippen LogP contribution in [0.3, 0.4) is 0 Å². The molecule has 0 bridgehead atoms. The molecule has 3 rings (SSSR count). The fourth-order valence-electron chi connectivity index (χ4n) is 2.39. The number of benzene rings is 2. The maximum Gasteiger partial charge on any atom is 0.329 e. The normalized spacial score (nSPS) is 13.2. The molecule has 152 valence electrons. The third kappa shape index (κ3) is 6.33. The fourth-order valence-corrected chi connectivity index (χ4v) is 3.29.